The second kappa shape index (κ2) is 3.21. The van der Waals surface area contributed by atoms with Crippen molar-refractivity contribution in [1.82, 2.24) is 4.98 Å². The first-order valence-electron chi connectivity index (χ1n) is 4.08. The zero-order chi connectivity index (χ0) is 11.0. The Labute approximate surface area is 84.2 Å². The van der Waals surface area contributed by atoms with Gasteiger partial charge in [0, 0.05) is 11.5 Å². The first-order valence-corrected chi connectivity index (χ1v) is 4.08. The lowest BCUT2D eigenvalue weighted by Gasteiger charge is -2.03. The average molecular weight is 205 g/mol. The molecule has 0 fully saturated rings. The largest absolute Gasteiger partial charge is 0.508 e. The molecule has 0 aliphatic heterocycles. The van der Waals surface area contributed by atoms with Crippen LogP contribution in [0.15, 0.2) is 18.2 Å². The molecule has 1 aromatic carbocycles. The average Bonchev–Trinajstić information content (AvgIpc) is 2.20. The van der Waals surface area contributed by atoms with Gasteiger partial charge in [0.2, 0.25) is 0 Å². The van der Waals surface area contributed by atoms with Gasteiger partial charge < -0.3 is 5.11 Å². The highest BCUT2D eigenvalue weighted by molar-refractivity contribution is 5.86. The Hall–Kier alpha value is -2.15. The number of halogens is 2. The van der Waals surface area contributed by atoms with Gasteiger partial charge in [-0.1, -0.05) is 5.92 Å². The molecule has 0 unspecified atom stereocenters. The number of aromatic nitrogens is 1. The van der Waals surface area contributed by atoms with Gasteiger partial charge in [0.25, 0.3) is 5.95 Å². The third-order valence-electron chi connectivity index (χ3n) is 2.01. The molecule has 0 bridgehead atoms. The quantitative estimate of drug-likeness (QED) is 0.528. The van der Waals surface area contributed by atoms with Gasteiger partial charge >= 0.3 is 0 Å². The minimum absolute atomic E-state index is 0.0796. The van der Waals surface area contributed by atoms with Crippen molar-refractivity contribution in [2.24, 2.45) is 0 Å². The molecule has 1 N–H and O–H groups in total. The zero-order valence-corrected chi connectivity index (χ0v) is 7.46. The summed E-state index contributed by atoms with van der Waals surface area (Å²) in [7, 11) is 0. The van der Waals surface area contributed by atoms with Crippen molar-refractivity contribution >= 4 is 10.9 Å². The number of rotatable bonds is 0. The molecule has 1 heterocycles. The molecule has 0 saturated heterocycles. The molecule has 1 aromatic heterocycles. The van der Waals surface area contributed by atoms with Crippen molar-refractivity contribution < 1.29 is 13.9 Å². The predicted molar refractivity (Wildman–Crippen MR) is 51.3 cm³/mol. The molecular formula is C11H5F2NO. The maximum Gasteiger partial charge on any atom is 0.250 e. The molecule has 0 atom stereocenters. The number of benzene rings is 1. The molecule has 2 aromatic rings. The number of terminal acetylenes is 1. The Balaban J connectivity index is 2.96. The van der Waals surface area contributed by atoms with Crippen molar-refractivity contribution in [2.75, 3.05) is 0 Å². The molecular weight excluding hydrogens is 200 g/mol. The van der Waals surface area contributed by atoms with Crippen molar-refractivity contribution in [1.29, 1.82) is 0 Å². The number of phenols is 1. The number of fused-ring (bicyclic) bond motifs is 1. The normalized spacial score (nSPS) is 10.2. The molecule has 0 saturated carbocycles. The molecule has 0 radical (unpaired) electrons. The summed E-state index contributed by atoms with van der Waals surface area (Å²) in [4.78, 5) is 3.35. The highest BCUT2D eigenvalue weighted by Crippen LogP contribution is 2.24. The number of hydrogen-bond donors (Lipinski definition) is 1. The highest BCUT2D eigenvalue weighted by atomic mass is 19.2. The van der Waals surface area contributed by atoms with E-state index in [1.54, 1.807) is 0 Å². The molecule has 15 heavy (non-hydrogen) atoms. The second-order valence-corrected chi connectivity index (χ2v) is 2.94. The Morgan fingerprint density at radius 2 is 2.07 bits per heavy atom. The van der Waals surface area contributed by atoms with Gasteiger partial charge in [-0.15, -0.1) is 6.42 Å². The van der Waals surface area contributed by atoms with Crippen LogP contribution in [0.1, 0.15) is 5.56 Å². The summed E-state index contributed by atoms with van der Waals surface area (Å²) in [6, 6.07) is 3.95. The zero-order valence-electron chi connectivity index (χ0n) is 7.46. The second-order valence-electron chi connectivity index (χ2n) is 2.94. The number of pyridine rings is 1. The fourth-order valence-electron chi connectivity index (χ4n) is 1.34. The molecule has 2 rings (SSSR count). The van der Waals surface area contributed by atoms with Crippen molar-refractivity contribution in [3.05, 3.63) is 35.5 Å². The summed E-state index contributed by atoms with van der Waals surface area (Å²) in [6.45, 7) is 0. The van der Waals surface area contributed by atoms with Crippen LogP contribution in [0.3, 0.4) is 0 Å². The van der Waals surface area contributed by atoms with Crippen LogP contribution in [0.25, 0.3) is 10.9 Å². The van der Waals surface area contributed by atoms with Crippen molar-refractivity contribution in [2.45, 2.75) is 0 Å². The van der Waals surface area contributed by atoms with Crippen LogP contribution >= 0.6 is 0 Å². The van der Waals surface area contributed by atoms with Crippen LogP contribution in [0.2, 0.25) is 0 Å². The van der Waals surface area contributed by atoms with Crippen LogP contribution in [0.5, 0.6) is 5.75 Å². The third kappa shape index (κ3) is 1.38. The van der Waals surface area contributed by atoms with E-state index < -0.39 is 11.8 Å². The maximum atomic E-state index is 13.2. The van der Waals surface area contributed by atoms with Crippen LogP contribution < -0.4 is 0 Å². The number of phenolic OH excluding ortho intramolecular Hbond substituents is 1. The summed E-state index contributed by atoms with van der Waals surface area (Å²) in [5, 5.41) is 9.45. The SMILES string of the molecule is C#Cc1c(F)c(F)nc2cc(O)ccc12. The fourth-order valence-corrected chi connectivity index (χ4v) is 1.34. The van der Waals surface area contributed by atoms with Crippen LogP contribution in [-0.2, 0) is 0 Å². The summed E-state index contributed by atoms with van der Waals surface area (Å²) < 4.78 is 26.2. The predicted octanol–water partition coefficient (Wildman–Crippen LogP) is 2.20. The van der Waals surface area contributed by atoms with Gasteiger partial charge in [0.05, 0.1) is 11.1 Å². The van der Waals surface area contributed by atoms with Crippen molar-refractivity contribution in [3.8, 4) is 18.1 Å². The molecule has 4 heteroatoms. The number of nitrogens with zero attached hydrogens (tertiary/aromatic N) is 1. The molecule has 0 aliphatic rings. The maximum absolute atomic E-state index is 13.2. The summed E-state index contributed by atoms with van der Waals surface area (Å²) >= 11 is 0. The van der Waals surface area contributed by atoms with Gasteiger partial charge in [-0.2, -0.15) is 4.39 Å². The topological polar surface area (TPSA) is 33.1 Å². The lowest BCUT2D eigenvalue weighted by molar-refractivity contribution is 0.473. The number of aromatic hydroxyl groups is 1. The lowest BCUT2D eigenvalue weighted by atomic mass is 10.1. The van der Waals surface area contributed by atoms with Crippen LogP contribution in [-0.4, -0.2) is 10.1 Å². The molecule has 0 aliphatic carbocycles. The summed E-state index contributed by atoms with van der Waals surface area (Å²) in [6.07, 6.45) is 5.08. The van der Waals surface area contributed by atoms with Gasteiger partial charge in [-0.25, -0.2) is 9.37 Å². The monoisotopic (exact) mass is 205 g/mol. The molecule has 0 amide bonds. The van der Waals surface area contributed by atoms with Gasteiger partial charge in [0.15, 0.2) is 5.82 Å². The summed E-state index contributed by atoms with van der Waals surface area (Å²) in [5.41, 5.74) is -0.0562. The van der Waals surface area contributed by atoms with Crippen LogP contribution in [0.4, 0.5) is 8.78 Å². The minimum Gasteiger partial charge on any atom is -0.508 e. The summed E-state index contributed by atoms with van der Waals surface area (Å²) in [5.74, 6) is -0.424. The van der Waals surface area contributed by atoms with Gasteiger partial charge in [-0.05, 0) is 12.1 Å². The lowest BCUT2D eigenvalue weighted by Crippen LogP contribution is -1.96. The van der Waals surface area contributed by atoms with E-state index in [2.05, 4.69) is 10.9 Å². The number of hydrogen-bond acceptors (Lipinski definition) is 2. The third-order valence-corrected chi connectivity index (χ3v) is 2.01. The standard InChI is InChI=1S/C11H5F2NO/c1-2-7-8-4-3-6(15)5-9(8)14-11(13)10(7)12/h1,3-5,15H. The Morgan fingerprint density at radius 3 is 2.73 bits per heavy atom. The Kier molecular flexibility index (Phi) is 2.01. The van der Waals surface area contributed by atoms with Crippen molar-refractivity contribution in [3.63, 3.8) is 0 Å². The highest BCUT2D eigenvalue weighted by Gasteiger charge is 2.13. The van der Waals surface area contributed by atoms with Gasteiger partial charge in [0.1, 0.15) is 5.75 Å². The van der Waals surface area contributed by atoms with E-state index >= 15 is 0 Å². The van der Waals surface area contributed by atoms with E-state index in [1.807, 2.05) is 0 Å². The van der Waals surface area contributed by atoms with E-state index in [1.165, 1.54) is 18.2 Å². The molecule has 0 spiro atoms. The molecule has 74 valence electrons. The Morgan fingerprint density at radius 1 is 1.33 bits per heavy atom. The first kappa shape index (κ1) is 9.41. The fraction of sp³-hybridized carbons (Fsp3) is 0. The van der Waals surface area contributed by atoms with Crippen LogP contribution in [0, 0.1) is 24.1 Å². The van der Waals surface area contributed by atoms with E-state index in [-0.39, 0.29) is 16.8 Å². The minimum atomic E-state index is -1.26. The smallest absolute Gasteiger partial charge is 0.250 e. The van der Waals surface area contributed by atoms with E-state index in [4.69, 9.17) is 11.5 Å². The Bertz CT molecular complexity index is 587. The van der Waals surface area contributed by atoms with E-state index in [0.29, 0.717) is 5.39 Å². The van der Waals surface area contributed by atoms with Gasteiger partial charge in [-0.3, -0.25) is 0 Å². The first-order chi connectivity index (χ1) is 7.13. The van der Waals surface area contributed by atoms with E-state index in [0.717, 1.165) is 0 Å². The molecule has 2 nitrogen and oxygen atoms in total. The van der Waals surface area contributed by atoms with E-state index in [9.17, 15) is 8.78 Å².